The van der Waals surface area contributed by atoms with Crippen molar-refractivity contribution in [3.8, 4) is 11.5 Å². The first-order chi connectivity index (χ1) is 13.3. The Labute approximate surface area is 165 Å². The number of aryl methyl sites for hydroxylation is 2. The van der Waals surface area contributed by atoms with Gasteiger partial charge < -0.3 is 14.8 Å². The zero-order valence-electron chi connectivity index (χ0n) is 15.9. The van der Waals surface area contributed by atoms with Crippen molar-refractivity contribution in [1.29, 1.82) is 0 Å². The number of benzene rings is 2. The average molecular weight is 404 g/mol. The molecular formula is C20H24N2O5S. The number of carbonyl (C=O) groups is 1. The highest BCUT2D eigenvalue weighted by Gasteiger charge is 2.15. The Morgan fingerprint density at radius 1 is 1.04 bits per heavy atom. The molecule has 0 spiro atoms. The van der Waals surface area contributed by atoms with E-state index in [4.69, 9.17) is 9.47 Å². The molecular weight excluding hydrogens is 380 g/mol. The minimum atomic E-state index is -3.57. The SMILES string of the molecule is Cc1ccc(S(=O)(=O)NCCCC(=O)NCc2ccc3c(c2)OCO3)cc1C. The summed E-state index contributed by atoms with van der Waals surface area (Å²) in [5.74, 6) is 1.24. The molecule has 2 aromatic carbocycles. The fourth-order valence-electron chi connectivity index (χ4n) is 2.76. The minimum absolute atomic E-state index is 0.136. The second-order valence-corrected chi connectivity index (χ2v) is 8.48. The molecule has 0 atom stereocenters. The Morgan fingerprint density at radius 3 is 2.61 bits per heavy atom. The van der Waals surface area contributed by atoms with Gasteiger partial charge in [0.15, 0.2) is 11.5 Å². The van der Waals surface area contributed by atoms with Crippen molar-refractivity contribution in [2.75, 3.05) is 13.3 Å². The fourth-order valence-corrected chi connectivity index (χ4v) is 3.92. The lowest BCUT2D eigenvalue weighted by molar-refractivity contribution is -0.121. The topological polar surface area (TPSA) is 93.7 Å². The van der Waals surface area contributed by atoms with Gasteiger partial charge in [0.1, 0.15) is 0 Å². The second-order valence-electron chi connectivity index (χ2n) is 6.71. The summed E-state index contributed by atoms with van der Waals surface area (Å²) in [6.45, 7) is 4.60. The predicted octanol–water partition coefficient (Wildman–Crippen LogP) is 2.41. The Morgan fingerprint density at radius 2 is 1.82 bits per heavy atom. The number of carbonyl (C=O) groups excluding carboxylic acids is 1. The van der Waals surface area contributed by atoms with Gasteiger partial charge in [-0.3, -0.25) is 4.79 Å². The molecule has 0 aliphatic carbocycles. The number of fused-ring (bicyclic) bond motifs is 1. The second kappa shape index (κ2) is 8.62. The molecule has 0 saturated heterocycles. The maximum Gasteiger partial charge on any atom is 0.240 e. The van der Waals surface area contributed by atoms with Gasteiger partial charge in [-0.2, -0.15) is 0 Å². The van der Waals surface area contributed by atoms with Gasteiger partial charge in [0.2, 0.25) is 22.7 Å². The van der Waals surface area contributed by atoms with E-state index in [9.17, 15) is 13.2 Å². The van der Waals surface area contributed by atoms with Crippen LogP contribution in [0.25, 0.3) is 0 Å². The van der Waals surface area contributed by atoms with Crippen LogP contribution in [0, 0.1) is 13.8 Å². The zero-order chi connectivity index (χ0) is 20.1. The first-order valence-electron chi connectivity index (χ1n) is 9.07. The van der Waals surface area contributed by atoms with Crippen LogP contribution in [0.15, 0.2) is 41.3 Å². The lowest BCUT2D eigenvalue weighted by Crippen LogP contribution is -2.27. The summed E-state index contributed by atoms with van der Waals surface area (Å²) in [4.78, 5) is 12.2. The summed E-state index contributed by atoms with van der Waals surface area (Å²) in [6, 6.07) is 10.5. The van der Waals surface area contributed by atoms with Crippen LogP contribution in [0.4, 0.5) is 0 Å². The number of hydrogen-bond acceptors (Lipinski definition) is 5. The largest absolute Gasteiger partial charge is 0.454 e. The van der Waals surface area contributed by atoms with Crippen LogP contribution < -0.4 is 19.5 Å². The molecule has 28 heavy (non-hydrogen) atoms. The molecule has 1 heterocycles. The molecule has 0 fully saturated rings. The molecule has 1 aliphatic heterocycles. The highest BCUT2D eigenvalue weighted by Crippen LogP contribution is 2.32. The summed E-state index contributed by atoms with van der Waals surface area (Å²) >= 11 is 0. The highest BCUT2D eigenvalue weighted by molar-refractivity contribution is 7.89. The van der Waals surface area contributed by atoms with E-state index in [2.05, 4.69) is 10.0 Å². The third-order valence-corrected chi connectivity index (χ3v) is 6.05. The van der Waals surface area contributed by atoms with Gasteiger partial charge in [-0.15, -0.1) is 0 Å². The minimum Gasteiger partial charge on any atom is -0.454 e. The Bertz CT molecular complexity index is 973. The standard InChI is InChI=1S/C20H24N2O5S/c1-14-5-7-17(10-15(14)2)28(24,25)22-9-3-4-20(23)21-12-16-6-8-18-19(11-16)27-13-26-18/h5-8,10-11,22H,3-4,9,12-13H2,1-2H3,(H,21,23). The molecule has 2 aromatic rings. The Hall–Kier alpha value is -2.58. The van der Waals surface area contributed by atoms with E-state index in [1.807, 2.05) is 32.0 Å². The lowest BCUT2D eigenvalue weighted by Gasteiger charge is -2.09. The number of sulfonamides is 1. The first-order valence-corrected chi connectivity index (χ1v) is 10.6. The van der Waals surface area contributed by atoms with Gasteiger partial charge in [0.25, 0.3) is 0 Å². The van der Waals surface area contributed by atoms with Crippen molar-refractivity contribution in [2.45, 2.75) is 38.1 Å². The van der Waals surface area contributed by atoms with E-state index in [1.165, 1.54) is 0 Å². The maximum atomic E-state index is 12.3. The van der Waals surface area contributed by atoms with Crippen molar-refractivity contribution >= 4 is 15.9 Å². The van der Waals surface area contributed by atoms with Gasteiger partial charge in [-0.25, -0.2) is 13.1 Å². The van der Waals surface area contributed by atoms with E-state index in [1.54, 1.807) is 18.2 Å². The Kier molecular flexibility index (Phi) is 6.21. The molecule has 7 nitrogen and oxygen atoms in total. The van der Waals surface area contributed by atoms with E-state index in [-0.39, 0.29) is 30.6 Å². The highest BCUT2D eigenvalue weighted by atomic mass is 32.2. The molecule has 0 aromatic heterocycles. The third kappa shape index (κ3) is 5.02. The van der Waals surface area contributed by atoms with Crippen LogP contribution in [-0.2, 0) is 21.4 Å². The number of amides is 1. The van der Waals surface area contributed by atoms with Gasteiger partial charge >= 0.3 is 0 Å². The summed E-state index contributed by atoms with van der Waals surface area (Å²) in [5.41, 5.74) is 2.87. The van der Waals surface area contributed by atoms with Crippen LogP contribution in [0.2, 0.25) is 0 Å². The molecule has 1 aliphatic rings. The molecule has 8 heteroatoms. The maximum absolute atomic E-state index is 12.3. The molecule has 2 N–H and O–H groups in total. The molecule has 0 radical (unpaired) electrons. The van der Waals surface area contributed by atoms with Crippen molar-refractivity contribution < 1.29 is 22.7 Å². The van der Waals surface area contributed by atoms with Crippen molar-refractivity contribution in [1.82, 2.24) is 10.0 Å². The van der Waals surface area contributed by atoms with Crippen molar-refractivity contribution in [2.24, 2.45) is 0 Å². The molecule has 3 rings (SSSR count). The van der Waals surface area contributed by atoms with Gasteiger partial charge in [0, 0.05) is 19.5 Å². The van der Waals surface area contributed by atoms with Gasteiger partial charge in [0.05, 0.1) is 4.90 Å². The van der Waals surface area contributed by atoms with Crippen LogP contribution >= 0.6 is 0 Å². The van der Waals surface area contributed by atoms with Crippen molar-refractivity contribution in [3.63, 3.8) is 0 Å². The third-order valence-electron chi connectivity index (χ3n) is 4.59. The average Bonchev–Trinajstić information content (AvgIpc) is 3.13. The van der Waals surface area contributed by atoms with Crippen LogP contribution in [0.1, 0.15) is 29.5 Å². The van der Waals surface area contributed by atoms with E-state index in [0.29, 0.717) is 24.5 Å². The number of rotatable bonds is 8. The van der Waals surface area contributed by atoms with E-state index < -0.39 is 10.0 Å². The number of hydrogen-bond donors (Lipinski definition) is 2. The lowest BCUT2D eigenvalue weighted by atomic mass is 10.1. The normalized spacial score (nSPS) is 12.8. The van der Waals surface area contributed by atoms with E-state index in [0.717, 1.165) is 16.7 Å². The molecule has 1 amide bonds. The summed E-state index contributed by atoms with van der Waals surface area (Å²) in [7, 11) is -3.57. The fraction of sp³-hybridized carbons (Fsp3) is 0.350. The quantitative estimate of drug-likeness (QED) is 0.659. The monoisotopic (exact) mass is 404 g/mol. The van der Waals surface area contributed by atoms with Gasteiger partial charge in [-0.1, -0.05) is 12.1 Å². The van der Waals surface area contributed by atoms with Gasteiger partial charge in [-0.05, 0) is 61.2 Å². The smallest absolute Gasteiger partial charge is 0.240 e. The molecule has 0 bridgehead atoms. The van der Waals surface area contributed by atoms with Crippen molar-refractivity contribution in [3.05, 3.63) is 53.1 Å². The predicted molar refractivity (Wildman–Crippen MR) is 105 cm³/mol. The zero-order valence-corrected chi connectivity index (χ0v) is 16.8. The van der Waals surface area contributed by atoms with Crippen LogP contribution in [0.5, 0.6) is 11.5 Å². The number of nitrogens with one attached hydrogen (secondary N) is 2. The summed E-state index contributed by atoms with van der Waals surface area (Å²) in [6.07, 6.45) is 0.650. The Balaban J connectivity index is 1.41. The first kappa shape index (κ1) is 20.2. The summed E-state index contributed by atoms with van der Waals surface area (Å²) in [5, 5.41) is 2.82. The number of ether oxygens (including phenoxy) is 2. The van der Waals surface area contributed by atoms with Crippen LogP contribution in [0.3, 0.4) is 0 Å². The molecule has 0 saturated carbocycles. The molecule has 150 valence electrons. The summed E-state index contributed by atoms with van der Waals surface area (Å²) < 4.78 is 37.7. The van der Waals surface area contributed by atoms with E-state index >= 15 is 0 Å². The van der Waals surface area contributed by atoms with Crippen LogP contribution in [-0.4, -0.2) is 27.7 Å². The molecule has 0 unspecified atom stereocenters.